The number of aromatic nitrogens is 2. The molecule has 114 valence electrons. The highest BCUT2D eigenvalue weighted by Crippen LogP contribution is 2.26. The third-order valence-electron chi connectivity index (χ3n) is 3.18. The lowest BCUT2D eigenvalue weighted by Crippen LogP contribution is -2.28. The summed E-state index contributed by atoms with van der Waals surface area (Å²) in [5.74, 6) is 1.09. The Bertz CT molecular complexity index is 618. The van der Waals surface area contributed by atoms with Gasteiger partial charge in [-0.15, -0.1) is 11.3 Å². The Balaban J connectivity index is 1.96. The summed E-state index contributed by atoms with van der Waals surface area (Å²) in [6, 6.07) is -0.246. The van der Waals surface area contributed by atoms with Crippen molar-refractivity contribution in [2.75, 3.05) is 5.32 Å². The van der Waals surface area contributed by atoms with Gasteiger partial charge in [-0.3, -0.25) is 5.32 Å². The lowest BCUT2D eigenvalue weighted by molar-refractivity contribution is 0.251. The molecule has 0 saturated carbocycles. The van der Waals surface area contributed by atoms with Gasteiger partial charge in [-0.05, 0) is 12.8 Å². The Morgan fingerprint density at radius 2 is 2.24 bits per heavy atom. The predicted octanol–water partition coefficient (Wildman–Crippen LogP) is 3.45. The number of aryl methyl sites for hydroxylation is 2. The molecule has 2 amide bonds. The van der Waals surface area contributed by atoms with Gasteiger partial charge < -0.3 is 9.84 Å². The molecule has 0 saturated heterocycles. The molecule has 2 rings (SSSR count). The molecule has 21 heavy (non-hydrogen) atoms. The van der Waals surface area contributed by atoms with Crippen LogP contribution in [0, 0.1) is 6.92 Å². The van der Waals surface area contributed by atoms with Gasteiger partial charge in [0, 0.05) is 18.5 Å². The molecule has 0 aromatic carbocycles. The van der Waals surface area contributed by atoms with Gasteiger partial charge in [0.2, 0.25) is 0 Å². The molecule has 0 aliphatic heterocycles. The lowest BCUT2D eigenvalue weighted by atomic mass is 10.1. The SMILES string of the molecule is CCc1onc(C)c1CNC(=O)Nc1scnc1C(C)C. The number of thiazole rings is 1. The fourth-order valence-corrected chi connectivity index (χ4v) is 2.85. The molecular formula is C14H20N4O2S. The second-order valence-electron chi connectivity index (χ2n) is 5.05. The van der Waals surface area contributed by atoms with Crippen LogP contribution < -0.4 is 10.6 Å². The van der Waals surface area contributed by atoms with E-state index in [-0.39, 0.29) is 11.9 Å². The highest BCUT2D eigenvalue weighted by Gasteiger charge is 2.15. The summed E-state index contributed by atoms with van der Waals surface area (Å²) in [5.41, 5.74) is 4.41. The van der Waals surface area contributed by atoms with E-state index in [1.807, 2.05) is 27.7 Å². The van der Waals surface area contributed by atoms with E-state index in [1.54, 1.807) is 5.51 Å². The number of urea groups is 1. The first-order valence-electron chi connectivity index (χ1n) is 6.95. The van der Waals surface area contributed by atoms with E-state index in [2.05, 4.69) is 20.8 Å². The van der Waals surface area contributed by atoms with Crippen molar-refractivity contribution in [3.8, 4) is 0 Å². The normalized spacial score (nSPS) is 10.9. The largest absolute Gasteiger partial charge is 0.361 e. The van der Waals surface area contributed by atoms with Crippen molar-refractivity contribution < 1.29 is 9.32 Å². The minimum Gasteiger partial charge on any atom is -0.361 e. The predicted molar refractivity (Wildman–Crippen MR) is 82.7 cm³/mol. The number of carbonyl (C=O) groups is 1. The maximum atomic E-state index is 12.0. The zero-order chi connectivity index (χ0) is 15.4. The van der Waals surface area contributed by atoms with Crippen LogP contribution in [0.3, 0.4) is 0 Å². The van der Waals surface area contributed by atoms with Crippen molar-refractivity contribution in [1.29, 1.82) is 0 Å². The van der Waals surface area contributed by atoms with Crippen LogP contribution in [0.5, 0.6) is 0 Å². The van der Waals surface area contributed by atoms with Crippen LogP contribution in [0.1, 0.15) is 49.4 Å². The van der Waals surface area contributed by atoms with Crippen LogP contribution in [0.15, 0.2) is 10.0 Å². The molecule has 7 heteroatoms. The Labute approximate surface area is 127 Å². The Kier molecular flexibility index (Phi) is 4.95. The first kappa shape index (κ1) is 15.5. The van der Waals surface area contributed by atoms with Crippen LogP contribution in [-0.4, -0.2) is 16.2 Å². The first-order chi connectivity index (χ1) is 10.0. The van der Waals surface area contributed by atoms with Crippen molar-refractivity contribution in [1.82, 2.24) is 15.5 Å². The molecule has 0 fully saturated rings. The Morgan fingerprint density at radius 1 is 1.48 bits per heavy atom. The molecule has 0 atom stereocenters. The van der Waals surface area contributed by atoms with Crippen LogP contribution >= 0.6 is 11.3 Å². The fraction of sp³-hybridized carbons (Fsp3) is 0.500. The van der Waals surface area contributed by atoms with E-state index in [0.29, 0.717) is 6.54 Å². The molecule has 2 aromatic heterocycles. The second-order valence-corrected chi connectivity index (χ2v) is 5.91. The van der Waals surface area contributed by atoms with Crippen LogP contribution in [0.2, 0.25) is 0 Å². The maximum absolute atomic E-state index is 12.0. The summed E-state index contributed by atoms with van der Waals surface area (Å²) >= 11 is 1.43. The van der Waals surface area contributed by atoms with Gasteiger partial charge in [0.25, 0.3) is 0 Å². The number of nitrogens with zero attached hydrogens (tertiary/aromatic N) is 2. The summed E-state index contributed by atoms with van der Waals surface area (Å²) in [7, 11) is 0. The monoisotopic (exact) mass is 308 g/mol. The number of rotatable bonds is 5. The molecule has 0 radical (unpaired) electrons. The third-order valence-corrected chi connectivity index (χ3v) is 3.94. The van der Waals surface area contributed by atoms with Crippen molar-refractivity contribution in [2.24, 2.45) is 0 Å². The first-order valence-corrected chi connectivity index (χ1v) is 7.83. The summed E-state index contributed by atoms with van der Waals surface area (Å²) in [6.45, 7) is 8.37. The fourth-order valence-electron chi connectivity index (χ4n) is 2.02. The maximum Gasteiger partial charge on any atom is 0.320 e. The van der Waals surface area contributed by atoms with Gasteiger partial charge in [0.1, 0.15) is 10.8 Å². The molecular weight excluding hydrogens is 288 g/mol. The standard InChI is InChI=1S/C14H20N4O2S/c1-5-11-10(9(4)18-20-11)6-15-14(19)17-13-12(8(2)3)16-7-21-13/h7-8H,5-6H2,1-4H3,(H2,15,17,19). The van der Waals surface area contributed by atoms with Crippen LogP contribution in [0.25, 0.3) is 0 Å². The van der Waals surface area contributed by atoms with Gasteiger partial charge in [0.05, 0.1) is 16.9 Å². The Hall–Kier alpha value is -1.89. The van der Waals surface area contributed by atoms with Crippen LogP contribution in [-0.2, 0) is 13.0 Å². The van der Waals surface area contributed by atoms with E-state index in [9.17, 15) is 4.79 Å². The average Bonchev–Trinajstić information content (AvgIpc) is 3.03. The molecule has 0 aliphatic carbocycles. The summed E-state index contributed by atoms with van der Waals surface area (Å²) in [4.78, 5) is 16.3. The molecule has 2 aromatic rings. The Morgan fingerprint density at radius 3 is 2.90 bits per heavy atom. The van der Waals surface area contributed by atoms with E-state index in [0.717, 1.165) is 34.1 Å². The number of carbonyl (C=O) groups excluding carboxylic acids is 1. The van der Waals surface area contributed by atoms with Gasteiger partial charge in [-0.25, -0.2) is 9.78 Å². The second kappa shape index (κ2) is 6.71. The molecule has 0 aliphatic rings. The number of hydrogen-bond donors (Lipinski definition) is 2. The number of nitrogens with one attached hydrogen (secondary N) is 2. The number of hydrogen-bond acceptors (Lipinski definition) is 5. The van der Waals surface area contributed by atoms with Crippen molar-refractivity contribution in [3.05, 3.63) is 28.2 Å². The third kappa shape index (κ3) is 3.60. The summed E-state index contributed by atoms with van der Waals surface area (Å²) < 4.78 is 5.20. The van der Waals surface area contributed by atoms with Crippen molar-refractivity contribution in [2.45, 2.75) is 46.6 Å². The van der Waals surface area contributed by atoms with Crippen molar-refractivity contribution >= 4 is 22.4 Å². The minimum atomic E-state index is -0.246. The summed E-state index contributed by atoms with van der Waals surface area (Å²) in [5, 5.41) is 10.4. The van der Waals surface area contributed by atoms with E-state index in [1.165, 1.54) is 11.3 Å². The van der Waals surface area contributed by atoms with Gasteiger partial charge in [-0.1, -0.05) is 25.9 Å². The zero-order valence-corrected chi connectivity index (χ0v) is 13.5. The topological polar surface area (TPSA) is 80.0 Å². The summed E-state index contributed by atoms with van der Waals surface area (Å²) in [6.07, 6.45) is 0.756. The number of amides is 2. The molecule has 6 nitrogen and oxygen atoms in total. The van der Waals surface area contributed by atoms with Gasteiger partial charge in [-0.2, -0.15) is 0 Å². The average molecular weight is 308 g/mol. The van der Waals surface area contributed by atoms with Gasteiger partial charge in [0.15, 0.2) is 0 Å². The van der Waals surface area contributed by atoms with E-state index >= 15 is 0 Å². The van der Waals surface area contributed by atoms with Gasteiger partial charge >= 0.3 is 6.03 Å². The molecule has 0 bridgehead atoms. The molecule has 2 N–H and O–H groups in total. The lowest BCUT2D eigenvalue weighted by Gasteiger charge is -2.09. The van der Waals surface area contributed by atoms with E-state index in [4.69, 9.17) is 4.52 Å². The smallest absolute Gasteiger partial charge is 0.320 e. The van der Waals surface area contributed by atoms with Crippen LogP contribution in [0.4, 0.5) is 9.80 Å². The quantitative estimate of drug-likeness (QED) is 0.886. The molecule has 0 unspecified atom stereocenters. The zero-order valence-electron chi connectivity index (χ0n) is 12.7. The van der Waals surface area contributed by atoms with Crippen molar-refractivity contribution in [3.63, 3.8) is 0 Å². The highest BCUT2D eigenvalue weighted by molar-refractivity contribution is 7.14. The minimum absolute atomic E-state index is 0.246. The number of anilines is 1. The molecule has 0 spiro atoms. The van der Waals surface area contributed by atoms with E-state index < -0.39 is 0 Å². The highest BCUT2D eigenvalue weighted by atomic mass is 32.1. The molecule has 2 heterocycles.